The second-order valence-corrected chi connectivity index (χ2v) is 31.2. The molecule has 11 heteroatoms. The average molecular weight is 1210 g/mol. The maximum Gasteiger partial charge on any atom is 0.228 e. The van der Waals surface area contributed by atoms with Crippen molar-refractivity contribution in [1.29, 1.82) is 0 Å². The predicted molar refractivity (Wildman–Crippen MR) is 347 cm³/mol. The normalized spacial score (nSPS) is 25.2. The van der Waals surface area contributed by atoms with Gasteiger partial charge < -0.3 is 9.47 Å². The van der Waals surface area contributed by atoms with Gasteiger partial charge in [0.05, 0.1) is 16.9 Å². The van der Waals surface area contributed by atoms with Gasteiger partial charge in [0, 0.05) is 159 Å². The number of rotatable bonds is 6. The molecule has 86 heavy (non-hydrogen) atoms. The van der Waals surface area contributed by atoms with Gasteiger partial charge in [-0.2, -0.15) is 0 Å². The van der Waals surface area contributed by atoms with Crippen molar-refractivity contribution in [3.05, 3.63) is 95.3 Å². The number of ether oxygens (including phenoxy) is 2. The maximum absolute atomic E-state index is 17.8. The van der Waals surface area contributed by atoms with Crippen LogP contribution < -0.4 is 10.9 Å². The number of Topliss-reactive ketones (excluding diaryl/α,β-unsaturated/α-hetero) is 1. The summed E-state index contributed by atoms with van der Waals surface area (Å²) in [5.41, 5.74) is -0.225. The van der Waals surface area contributed by atoms with Crippen LogP contribution in [0.1, 0.15) is 74.9 Å². The molecule has 0 unspecified atom stereocenters. The monoisotopic (exact) mass is 1210 g/mol. The summed E-state index contributed by atoms with van der Waals surface area (Å²) in [5, 5.41) is 47.8. The van der Waals surface area contributed by atoms with E-state index in [2.05, 4.69) is 22.6 Å². The number of hydrogen-bond donors (Lipinski definition) is 0. The fourth-order valence-corrected chi connectivity index (χ4v) is 25.0. The number of carbonyl (C=O) groups excluding carboxylic acids is 1. The summed E-state index contributed by atoms with van der Waals surface area (Å²) in [6.45, 7) is 11.9. The maximum atomic E-state index is 17.8. The molecule has 10 nitrogen and oxygen atoms in total. The molecule has 0 saturated heterocycles. The molecule has 1 heterocycles. The summed E-state index contributed by atoms with van der Waals surface area (Å²) in [6, 6.07) is 9.63. The first-order chi connectivity index (χ1) is 41.6. The van der Waals surface area contributed by atoms with Crippen molar-refractivity contribution in [3.8, 4) is 0 Å². The quantitative estimate of drug-likeness (QED) is 0.0527. The first kappa shape index (κ1) is 40.1. The van der Waals surface area contributed by atoms with Gasteiger partial charge in [0.2, 0.25) is 15.2 Å². The number of ketones is 1. The summed E-state index contributed by atoms with van der Waals surface area (Å²) < 4.78 is 14.0. The number of carbonyl (C=O) groups is 1. The van der Waals surface area contributed by atoms with Crippen LogP contribution in [-0.2, 0) is 50.8 Å². The molecule has 392 valence electrons. The predicted octanol–water partition coefficient (Wildman–Crippen LogP) is 17.0. The van der Waals surface area contributed by atoms with Crippen LogP contribution in [0.4, 0.5) is 5.69 Å². The first-order valence-corrected chi connectivity index (χ1v) is 31.2. The third kappa shape index (κ3) is 2.70. The molecule has 4 atom stereocenters. The van der Waals surface area contributed by atoms with E-state index < -0.39 is 37.6 Å². The zero-order valence-corrected chi connectivity index (χ0v) is 48.0. The summed E-state index contributed by atoms with van der Waals surface area (Å²) >= 11 is 2.29. The molecular weight excluding hydrogens is 1190 g/mol. The number of para-hydroxylation sites is 1. The van der Waals surface area contributed by atoms with Crippen molar-refractivity contribution in [2.24, 2.45) is 4.99 Å². The van der Waals surface area contributed by atoms with E-state index in [1.54, 1.807) is 7.11 Å². The lowest BCUT2D eigenvalue weighted by Crippen LogP contribution is -2.50. The Morgan fingerprint density at radius 3 is 1.10 bits per heavy atom. The Kier molecular flexibility index (Phi) is 4.61. The van der Waals surface area contributed by atoms with Crippen LogP contribution >= 0.6 is 22.6 Å². The van der Waals surface area contributed by atoms with Crippen molar-refractivity contribution in [2.45, 2.75) is 73.3 Å². The minimum absolute atomic E-state index is 0.0950. The first-order valence-electron chi connectivity index (χ1n) is 30.1. The number of fused-ring (bicyclic) bond motifs is 6. The molecule has 24 aromatic rings. The van der Waals surface area contributed by atoms with E-state index in [0.29, 0.717) is 49.5 Å². The Bertz CT molecular complexity index is 7780. The lowest BCUT2D eigenvalue weighted by molar-refractivity contribution is -0.400. The number of hydrogen-bond acceptors (Lipinski definition) is 10. The van der Waals surface area contributed by atoms with Crippen molar-refractivity contribution in [3.63, 3.8) is 0 Å². The minimum atomic E-state index is -2.06. The van der Waals surface area contributed by atoms with Gasteiger partial charge >= 0.3 is 0 Å². The third-order valence-electron chi connectivity index (χ3n) is 24.9. The van der Waals surface area contributed by atoms with Gasteiger partial charge in [0.25, 0.3) is 0 Å². The molecule has 24 aromatic carbocycles. The number of nitrogens with zero attached hydrogens (tertiary/aromatic N) is 1. The molecule has 5 aliphatic carbocycles. The molecule has 0 saturated carbocycles. The van der Waals surface area contributed by atoms with E-state index in [1.165, 1.54) is 108 Å². The van der Waals surface area contributed by atoms with Crippen LogP contribution in [0.25, 0.3) is 237 Å². The number of aliphatic imine (C=N–C) groups is 1. The standard InChI is InChI=1S/C75H26INO9/c1-70(2,3)83-85-72-58-48-38-28-20-15-14-16-18-17(15)26-30(28)40-41-31(26)32-27(18)33-29-21(16)25-23-19(14)22-24(20)36(38)46-44-34(22)35(23)45-47-37(25)39(29)49-53-43(33)42(32)52-51(41)61(60(72)50(40)48)73(86-84-71(4,5)6)62(52)63(53)75(81-7,59(49)57(47)67(79)55(45)54(44)66(78)56(46)58)82-74(76)68(73)64(72)65(69(74)80)77-13-11-9-8-10-12-13/h8-12H,1-7H3/t72-,73-,74-,75-/m1/s1. The topological polar surface area (TPSA) is 119 Å². The zero-order valence-electron chi connectivity index (χ0n) is 45.9. The molecule has 0 fully saturated rings. The summed E-state index contributed by atoms with van der Waals surface area (Å²) in [7, 11) is 1.69. The smallest absolute Gasteiger partial charge is 0.228 e. The van der Waals surface area contributed by atoms with Gasteiger partial charge in [-0.25, -0.2) is 24.5 Å². The summed E-state index contributed by atoms with van der Waals surface area (Å²) in [5.74, 6) is -2.42. The van der Waals surface area contributed by atoms with Gasteiger partial charge in [-0.15, -0.1) is 0 Å². The van der Waals surface area contributed by atoms with Gasteiger partial charge in [-0.1, -0.05) is 18.2 Å². The molecular formula is C75H26INO9. The van der Waals surface area contributed by atoms with E-state index in [1.807, 2.05) is 71.9 Å². The van der Waals surface area contributed by atoms with Crippen molar-refractivity contribution < 1.29 is 33.8 Å². The van der Waals surface area contributed by atoms with Gasteiger partial charge in [0.15, 0.2) is 22.1 Å². The van der Waals surface area contributed by atoms with E-state index in [4.69, 9.17) is 34.0 Å². The summed E-state index contributed by atoms with van der Waals surface area (Å²) in [6.07, 6.45) is 0. The van der Waals surface area contributed by atoms with E-state index in [9.17, 15) is 0 Å². The molecule has 0 N–H and O–H groups in total. The largest absolute Gasteiger partial charge is 0.345 e. The Labute approximate surface area is 488 Å². The highest BCUT2D eigenvalue weighted by Crippen LogP contribution is 2.83. The Balaban J connectivity index is 1.09. The Morgan fingerprint density at radius 1 is 0.384 bits per heavy atom. The van der Waals surface area contributed by atoms with Crippen molar-refractivity contribution in [1.82, 2.24) is 0 Å². The molecule has 0 spiro atoms. The zero-order chi connectivity index (χ0) is 55.4. The molecule has 6 aliphatic rings. The molecule has 0 amide bonds. The third-order valence-corrected chi connectivity index (χ3v) is 26.1. The van der Waals surface area contributed by atoms with Crippen LogP contribution in [0.3, 0.4) is 0 Å². The van der Waals surface area contributed by atoms with Crippen molar-refractivity contribution in [2.75, 3.05) is 7.11 Å². The van der Waals surface area contributed by atoms with E-state index in [-0.39, 0.29) is 16.6 Å². The SMILES string of the molecule is CO[C@]12O[C@@]3(I)C(=O)C(=Nc4ccccc4)C4=C3[C@]3(OOC(C)(C)C)c5c1c1c6c2c2c(=O)c7c8c(=O)c9c%10c%11c%12c(c3c3c5c5c1c1c%13c6c6c2c7c2c7c8c9c8c%11c9c%11c%12c3c3c5c1c1c(c3%11)c3c9c8c7c5c2c6c%13c1c53)[C@@]4%10OOC(C)(C)C. The van der Waals surface area contributed by atoms with Crippen LogP contribution in [0.2, 0.25) is 0 Å². The minimum Gasteiger partial charge on any atom is -0.345 e. The Hall–Kier alpha value is -8.37. The summed E-state index contributed by atoms with van der Waals surface area (Å²) in [4.78, 5) is 88.9. The van der Waals surface area contributed by atoms with E-state index in [0.717, 1.165) is 130 Å². The Morgan fingerprint density at radius 2 is 0.698 bits per heavy atom. The number of halogens is 1. The molecule has 0 bridgehead atoms. The highest BCUT2D eigenvalue weighted by Gasteiger charge is 2.78. The number of methoxy groups -OCH3 is 1. The second-order valence-electron chi connectivity index (χ2n) is 29.7. The van der Waals surface area contributed by atoms with Crippen LogP contribution in [0.15, 0.2) is 56.1 Å². The van der Waals surface area contributed by atoms with Crippen LogP contribution in [0.5, 0.6) is 0 Å². The van der Waals surface area contributed by atoms with Gasteiger partial charge in [-0.3, -0.25) is 14.4 Å². The molecule has 30 rings (SSSR count). The fraction of sp³-hybridized carbons (Fsp3) is 0.173. The molecule has 0 radical (unpaired) electrons. The van der Waals surface area contributed by atoms with E-state index >= 15 is 14.4 Å². The average Bonchev–Trinajstić information content (AvgIpc) is 1.40. The van der Waals surface area contributed by atoms with Crippen molar-refractivity contribution >= 4 is 277 Å². The highest BCUT2D eigenvalue weighted by molar-refractivity contribution is 14.1. The van der Waals surface area contributed by atoms with Gasteiger partial charge in [-0.05, 0) is 206 Å². The number of alkyl halides is 1. The fourth-order valence-electron chi connectivity index (χ4n) is 23.8. The lowest BCUT2D eigenvalue weighted by Gasteiger charge is -2.47. The van der Waals surface area contributed by atoms with Crippen LogP contribution in [-0.4, -0.2) is 33.4 Å². The number of benzene rings is 16. The highest BCUT2D eigenvalue weighted by atomic mass is 127. The lowest BCUT2D eigenvalue weighted by atomic mass is 9.65. The van der Waals surface area contributed by atoms with Gasteiger partial charge in [0.1, 0.15) is 5.71 Å². The molecule has 0 aromatic heterocycles. The van der Waals surface area contributed by atoms with Crippen LogP contribution in [0, 0.1) is 0 Å². The molecule has 1 aliphatic heterocycles. The second kappa shape index (κ2) is 9.88.